The normalized spacial score (nSPS) is 11.2. The van der Waals surface area contributed by atoms with E-state index in [1.807, 2.05) is 33.7 Å². The molecule has 0 aromatic heterocycles. The molecular formula is C30H48N2O2S2. The van der Waals surface area contributed by atoms with Crippen molar-refractivity contribution in [2.45, 2.75) is 64.6 Å². The van der Waals surface area contributed by atoms with Crippen LogP contribution in [0.1, 0.15) is 62.5 Å². The second-order valence-corrected chi connectivity index (χ2v) is 11.8. The number of nitrogens with one attached hydrogen (secondary N) is 2. The molecule has 0 atom stereocenters. The predicted molar refractivity (Wildman–Crippen MR) is 160 cm³/mol. The number of hydrogen-bond acceptors (Lipinski definition) is 6. The highest BCUT2D eigenvalue weighted by Crippen LogP contribution is 2.19. The molecule has 0 saturated carbocycles. The lowest BCUT2D eigenvalue weighted by Gasteiger charge is -2.07. The summed E-state index contributed by atoms with van der Waals surface area (Å²) in [5.41, 5.74) is 2.52. The molecule has 0 amide bonds. The second-order valence-electron chi connectivity index (χ2n) is 9.05. The summed E-state index contributed by atoms with van der Waals surface area (Å²) in [6, 6.07) is 20.8. The lowest BCUT2D eigenvalue weighted by Crippen LogP contribution is -2.19. The third kappa shape index (κ3) is 19.1. The molecular weight excluding hydrogens is 484 g/mol. The van der Waals surface area contributed by atoms with Gasteiger partial charge in [0.05, 0.1) is 13.2 Å². The van der Waals surface area contributed by atoms with Gasteiger partial charge in [0.15, 0.2) is 0 Å². The highest BCUT2D eigenvalue weighted by molar-refractivity contribution is 8.76. The molecule has 2 N–H and O–H groups in total. The first-order chi connectivity index (χ1) is 17.9. The van der Waals surface area contributed by atoms with Gasteiger partial charge in [0.2, 0.25) is 0 Å². The molecule has 202 valence electrons. The lowest BCUT2D eigenvalue weighted by molar-refractivity contribution is 0.116. The maximum absolute atomic E-state index is 5.74. The van der Waals surface area contributed by atoms with Crippen LogP contribution < -0.4 is 10.6 Å². The third-order valence-electron chi connectivity index (χ3n) is 5.82. The van der Waals surface area contributed by atoms with Gasteiger partial charge in [-0.1, -0.05) is 108 Å². The minimum Gasteiger partial charge on any atom is -0.377 e. The molecule has 2 aromatic carbocycles. The molecule has 0 aliphatic heterocycles. The average Bonchev–Trinajstić information content (AvgIpc) is 2.92. The zero-order chi connectivity index (χ0) is 25.2. The lowest BCUT2D eigenvalue weighted by atomic mass is 10.2. The first-order valence-corrected chi connectivity index (χ1v) is 16.3. The smallest absolute Gasteiger partial charge is 0.0716 e. The Morgan fingerprint density at radius 1 is 0.472 bits per heavy atom. The van der Waals surface area contributed by atoms with Gasteiger partial charge < -0.3 is 20.1 Å². The van der Waals surface area contributed by atoms with Crippen LogP contribution in [0.2, 0.25) is 0 Å². The fourth-order valence-electron chi connectivity index (χ4n) is 3.74. The van der Waals surface area contributed by atoms with Gasteiger partial charge in [0, 0.05) is 37.8 Å². The van der Waals surface area contributed by atoms with Crippen molar-refractivity contribution in [2.75, 3.05) is 50.9 Å². The summed E-state index contributed by atoms with van der Waals surface area (Å²) >= 11 is 0. The van der Waals surface area contributed by atoms with Crippen LogP contribution in [0.4, 0.5) is 0 Å². The number of ether oxygens (including phenoxy) is 2. The maximum atomic E-state index is 5.74. The summed E-state index contributed by atoms with van der Waals surface area (Å²) in [4.78, 5) is 0. The van der Waals surface area contributed by atoms with Gasteiger partial charge in [0.1, 0.15) is 0 Å². The van der Waals surface area contributed by atoms with Crippen molar-refractivity contribution in [1.82, 2.24) is 10.6 Å². The van der Waals surface area contributed by atoms with Gasteiger partial charge in [-0.3, -0.25) is 0 Å². The number of benzene rings is 2. The van der Waals surface area contributed by atoms with Crippen LogP contribution in [-0.2, 0) is 22.7 Å². The van der Waals surface area contributed by atoms with E-state index in [0.29, 0.717) is 0 Å². The van der Waals surface area contributed by atoms with E-state index in [1.165, 1.54) is 61.2 Å². The zero-order valence-electron chi connectivity index (χ0n) is 22.1. The number of unbranched alkanes of at least 4 members (excludes halogenated alkanes) is 6. The van der Waals surface area contributed by atoms with E-state index >= 15 is 0 Å². The first kappa shape index (κ1) is 31.2. The molecule has 36 heavy (non-hydrogen) atoms. The Kier molecular flexibility index (Phi) is 21.1. The molecule has 2 rings (SSSR count). The molecule has 6 heteroatoms. The van der Waals surface area contributed by atoms with Crippen LogP contribution in [0.3, 0.4) is 0 Å². The van der Waals surface area contributed by atoms with Crippen molar-refractivity contribution in [2.24, 2.45) is 0 Å². The van der Waals surface area contributed by atoms with E-state index in [9.17, 15) is 0 Å². The molecule has 0 fully saturated rings. The summed E-state index contributed by atoms with van der Waals surface area (Å²) in [7, 11) is 3.98. The van der Waals surface area contributed by atoms with E-state index < -0.39 is 0 Å². The van der Waals surface area contributed by atoms with Crippen molar-refractivity contribution in [3.05, 3.63) is 71.8 Å². The summed E-state index contributed by atoms with van der Waals surface area (Å²) < 4.78 is 11.5. The predicted octanol–water partition coefficient (Wildman–Crippen LogP) is 7.10. The summed E-state index contributed by atoms with van der Waals surface area (Å²) in [6.07, 6.45) is 9.96. The van der Waals surface area contributed by atoms with Crippen LogP contribution in [0, 0.1) is 0 Å². The van der Waals surface area contributed by atoms with Crippen molar-refractivity contribution in [1.29, 1.82) is 0 Å². The van der Waals surface area contributed by atoms with Crippen LogP contribution in [0.25, 0.3) is 0 Å². The number of rotatable bonds is 25. The third-order valence-corrected chi connectivity index (χ3v) is 8.22. The molecule has 0 bridgehead atoms. The summed E-state index contributed by atoms with van der Waals surface area (Å²) in [6.45, 7) is 7.71. The van der Waals surface area contributed by atoms with Gasteiger partial charge in [-0.2, -0.15) is 0 Å². The summed E-state index contributed by atoms with van der Waals surface area (Å²) in [5.74, 6) is 2.37. The molecule has 0 aliphatic carbocycles. The Hall–Kier alpha value is -1.02. The Bertz CT molecular complexity index is 645. The Morgan fingerprint density at radius 2 is 0.889 bits per heavy atom. The van der Waals surface area contributed by atoms with Gasteiger partial charge in [-0.05, 0) is 49.9 Å². The maximum Gasteiger partial charge on any atom is 0.0716 e. The van der Waals surface area contributed by atoms with E-state index in [4.69, 9.17) is 9.47 Å². The molecule has 0 radical (unpaired) electrons. The Morgan fingerprint density at radius 3 is 1.33 bits per heavy atom. The van der Waals surface area contributed by atoms with Gasteiger partial charge in [-0.25, -0.2) is 0 Å². The molecule has 2 aromatic rings. The van der Waals surface area contributed by atoms with Crippen molar-refractivity contribution < 1.29 is 9.47 Å². The van der Waals surface area contributed by atoms with Crippen LogP contribution in [0.15, 0.2) is 60.7 Å². The average molecular weight is 533 g/mol. The van der Waals surface area contributed by atoms with Crippen molar-refractivity contribution in [3.63, 3.8) is 0 Å². The fraction of sp³-hybridized carbons (Fsp3) is 0.600. The van der Waals surface area contributed by atoms with Crippen molar-refractivity contribution in [3.8, 4) is 0 Å². The second kappa shape index (κ2) is 24.3. The Labute approximate surface area is 228 Å². The van der Waals surface area contributed by atoms with E-state index in [0.717, 1.165) is 65.4 Å². The van der Waals surface area contributed by atoms with Crippen LogP contribution >= 0.6 is 21.6 Å². The standard InChI is InChI=1S/C30H48N2O2S2/c1(3-13-23-33-27-29-15-7-5-8-16-29)11-19-31-21-25-35-36-26-22-32-20-12-2-4-14-24-34-28-30-17-9-6-10-18-30/h5-10,15-18,31-32H,1-4,11-14,19-28H2. The highest BCUT2D eigenvalue weighted by Gasteiger charge is 1.96. The van der Waals surface area contributed by atoms with E-state index in [1.54, 1.807) is 0 Å². The van der Waals surface area contributed by atoms with E-state index in [2.05, 4.69) is 59.2 Å². The van der Waals surface area contributed by atoms with Crippen LogP contribution in [-0.4, -0.2) is 50.9 Å². The minimum atomic E-state index is 0.737. The van der Waals surface area contributed by atoms with Gasteiger partial charge >= 0.3 is 0 Å². The molecule has 0 spiro atoms. The minimum absolute atomic E-state index is 0.737. The van der Waals surface area contributed by atoms with Gasteiger partial charge in [0.25, 0.3) is 0 Å². The molecule has 0 heterocycles. The van der Waals surface area contributed by atoms with Crippen LogP contribution in [0.5, 0.6) is 0 Å². The first-order valence-electron chi connectivity index (χ1n) is 13.8. The van der Waals surface area contributed by atoms with E-state index in [-0.39, 0.29) is 0 Å². The van der Waals surface area contributed by atoms with Crippen molar-refractivity contribution >= 4 is 21.6 Å². The summed E-state index contributed by atoms with van der Waals surface area (Å²) in [5, 5.41) is 7.14. The topological polar surface area (TPSA) is 42.5 Å². The highest BCUT2D eigenvalue weighted by atomic mass is 33.1. The molecule has 0 aliphatic rings. The zero-order valence-corrected chi connectivity index (χ0v) is 23.8. The largest absolute Gasteiger partial charge is 0.377 e. The quantitative estimate of drug-likeness (QED) is 0.105. The molecule has 0 unspecified atom stereocenters. The molecule has 4 nitrogen and oxygen atoms in total. The monoisotopic (exact) mass is 532 g/mol. The molecule has 0 saturated heterocycles. The SMILES string of the molecule is c1ccc(COCCCCCCNCCSSCCNCCCCCCOCc2ccccc2)cc1. The fourth-order valence-corrected chi connectivity index (χ4v) is 5.64. The Balaban J connectivity index is 1.18. The van der Waals surface area contributed by atoms with Gasteiger partial charge in [-0.15, -0.1) is 0 Å². The number of hydrogen-bond donors (Lipinski definition) is 2.